The standard InChI is InChI=1S/C12H16N4O3/c1-12(2,10(14)16-19)11(18)15-8-5-3-4-7(6-8)9(13)17/h3-6,19H,1-2H3,(H2,13,17)(H2,14,16)(H,15,18). The molecule has 0 saturated carbocycles. The van der Waals surface area contributed by atoms with Crippen LogP contribution >= 0.6 is 0 Å². The molecule has 6 N–H and O–H groups in total. The molecule has 0 spiro atoms. The number of amides is 2. The van der Waals surface area contributed by atoms with Crippen LogP contribution in [0.15, 0.2) is 29.4 Å². The van der Waals surface area contributed by atoms with Gasteiger partial charge in [-0.15, -0.1) is 0 Å². The van der Waals surface area contributed by atoms with Crippen molar-refractivity contribution in [2.45, 2.75) is 13.8 Å². The Labute approximate surface area is 110 Å². The first-order valence-corrected chi connectivity index (χ1v) is 5.48. The average Bonchev–Trinajstić information content (AvgIpc) is 2.37. The van der Waals surface area contributed by atoms with Gasteiger partial charge in [0, 0.05) is 11.3 Å². The van der Waals surface area contributed by atoms with E-state index < -0.39 is 17.2 Å². The van der Waals surface area contributed by atoms with Gasteiger partial charge in [0.2, 0.25) is 11.8 Å². The summed E-state index contributed by atoms with van der Waals surface area (Å²) < 4.78 is 0. The summed E-state index contributed by atoms with van der Waals surface area (Å²) in [5.74, 6) is -1.27. The summed E-state index contributed by atoms with van der Waals surface area (Å²) >= 11 is 0. The van der Waals surface area contributed by atoms with Crippen LogP contribution in [-0.4, -0.2) is 22.9 Å². The molecule has 1 rings (SSSR count). The van der Waals surface area contributed by atoms with Crippen LogP contribution in [0, 0.1) is 5.41 Å². The second kappa shape index (κ2) is 5.38. The molecule has 0 fully saturated rings. The average molecular weight is 264 g/mol. The van der Waals surface area contributed by atoms with Gasteiger partial charge in [0.25, 0.3) is 0 Å². The predicted molar refractivity (Wildman–Crippen MR) is 70.8 cm³/mol. The Bertz CT molecular complexity index is 538. The van der Waals surface area contributed by atoms with Crippen molar-refractivity contribution in [3.05, 3.63) is 29.8 Å². The van der Waals surface area contributed by atoms with Crippen molar-refractivity contribution in [1.29, 1.82) is 0 Å². The molecule has 0 bridgehead atoms. The highest BCUT2D eigenvalue weighted by atomic mass is 16.4. The number of carbonyl (C=O) groups excluding carboxylic acids is 2. The third kappa shape index (κ3) is 3.21. The molecule has 1 aromatic carbocycles. The molecule has 0 unspecified atom stereocenters. The number of primary amides is 1. The summed E-state index contributed by atoms with van der Waals surface area (Å²) in [5, 5.41) is 14.0. The fourth-order valence-electron chi connectivity index (χ4n) is 1.28. The van der Waals surface area contributed by atoms with E-state index in [-0.39, 0.29) is 11.4 Å². The highest BCUT2D eigenvalue weighted by molar-refractivity contribution is 6.11. The van der Waals surface area contributed by atoms with E-state index in [1.807, 2.05) is 0 Å². The highest BCUT2D eigenvalue weighted by Gasteiger charge is 2.32. The van der Waals surface area contributed by atoms with E-state index in [0.29, 0.717) is 5.69 Å². The SMILES string of the molecule is CC(C)(C(=O)Nc1cccc(C(N)=O)c1)/C(N)=N/O. The topological polar surface area (TPSA) is 131 Å². The number of carbonyl (C=O) groups is 2. The second-order valence-corrected chi connectivity index (χ2v) is 4.51. The molecule has 0 atom stereocenters. The quantitative estimate of drug-likeness (QED) is 0.273. The van der Waals surface area contributed by atoms with Crippen LogP contribution in [0.2, 0.25) is 0 Å². The van der Waals surface area contributed by atoms with Crippen molar-refractivity contribution >= 4 is 23.3 Å². The Hall–Kier alpha value is -2.57. The number of hydrogen-bond donors (Lipinski definition) is 4. The number of nitrogens with zero attached hydrogens (tertiary/aromatic N) is 1. The zero-order valence-corrected chi connectivity index (χ0v) is 10.7. The van der Waals surface area contributed by atoms with Crippen molar-refractivity contribution in [2.24, 2.45) is 22.0 Å². The van der Waals surface area contributed by atoms with E-state index >= 15 is 0 Å². The normalized spacial score (nSPS) is 12.0. The number of benzene rings is 1. The maximum atomic E-state index is 12.0. The zero-order chi connectivity index (χ0) is 14.6. The van der Waals surface area contributed by atoms with Crippen molar-refractivity contribution in [3.8, 4) is 0 Å². The predicted octanol–water partition coefficient (Wildman–Crippen LogP) is 0.497. The molecule has 0 aliphatic carbocycles. The number of oxime groups is 1. The minimum absolute atomic E-state index is 0.212. The Morgan fingerprint density at radius 1 is 1.32 bits per heavy atom. The third-order valence-electron chi connectivity index (χ3n) is 2.72. The van der Waals surface area contributed by atoms with Crippen LogP contribution in [0.4, 0.5) is 5.69 Å². The summed E-state index contributed by atoms with van der Waals surface area (Å²) in [7, 11) is 0. The molecule has 19 heavy (non-hydrogen) atoms. The molecular formula is C12H16N4O3. The van der Waals surface area contributed by atoms with Gasteiger partial charge >= 0.3 is 0 Å². The van der Waals surface area contributed by atoms with Gasteiger partial charge in [-0.3, -0.25) is 9.59 Å². The van der Waals surface area contributed by atoms with E-state index in [0.717, 1.165) is 0 Å². The molecule has 0 saturated heterocycles. The molecule has 1 aromatic rings. The van der Waals surface area contributed by atoms with Gasteiger partial charge < -0.3 is 22.0 Å². The Morgan fingerprint density at radius 2 is 1.95 bits per heavy atom. The fourth-order valence-corrected chi connectivity index (χ4v) is 1.28. The van der Waals surface area contributed by atoms with Crippen molar-refractivity contribution in [2.75, 3.05) is 5.32 Å². The van der Waals surface area contributed by atoms with Gasteiger partial charge in [0.15, 0.2) is 5.84 Å². The molecular weight excluding hydrogens is 248 g/mol. The lowest BCUT2D eigenvalue weighted by Gasteiger charge is -2.21. The first-order valence-electron chi connectivity index (χ1n) is 5.48. The number of hydrogen-bond acceptors (Lipinski definition) is 4. The van der Waals surface area contributed by atoms with Gasteiger partial charge in [0.05, 0.1) is 0 Å². The highest BCUT2D eigenvalue weighted by Crippen LogP contribution is 2.19. The molecule has 0 aliphatic heterocycles. The molecule has 2 amide bonds. The number of anilines is 1. The van der Waals surface area contributed by atoms with E-state index in [1.54, 1.807) is 12.1 Å². The summed E-state index contributed by atoms with van der Waals surface area (Å²) in [6, 6.07) is 6.17. The molecule has 7 nitrogen and oxygen atoms in total. The van der Waals surface area contributed by atoms with Crippen molar-refractivity contribution in [3.63, 3.8) is 0 Å². The first kappa shape index (κ1) is 14.5. The largest absolute Gasteiger partial charge is 0.409 e. The van der Waals surface area contributed by atoms with E-state index in [1.165, 1.54) is 26.0 Å². The first-order chi connectivity index (χ1) is 8.78. The molecule has 0 aromatic heterocycles. The summed E-state index contributed by atoms with van der Waals surface area (Å²) in [5.41, 5.74) is 10.1. The molecule has 0 aliphatic rings. The summed E-state index contributed by atoms with van der Waals surface area (Å²) in [6.07, 6.45) is 0. The fraction of sp³-hybridized carbons (Fsp3) is 0.250. The zero-order valence-electron chi connectivity index (χ0n) is 10.7. The van der Waals surface area contributed by atoms with Gasteiger partial charge in [-0.2, -0.15) is 0 Å². The minimum atomic E-state index is -1.18. The van der Waals surface area contributed by atoms with Gasteiger partial charge in [-0.1, -0.05) is 11.2 Å². The lowest BCUT2D eigenvalue weighted by molar-refractivity contribution is -0.121. The molecule has 102 valence electrons. The Morgan fingerprint density at radius 3 is 2.47 bits per heavy atom. The van der Waals surface area contributed by atoms with E-state index in [9.17, 15) is 9.59 Å². The van der Waals surface area contributed by atoms with Crippen LogP contribution in [0.1, 0.15) is 24.2 Å². The number of amidine groups is 1. The molecule has 0 radical (unpaired) electrons. The second-order valence-electron chi connectivity index (χ2n) is 4.51. The van der Waals surface area contributed by atoms with E-state index in [2.05, 4.69) is 10.5 Å². The lowest BCUT2D eigenvalue weighted by atomic mass is 9.91. The minimum Gasteiger partial charge on any atom is -0.409 e. The monoisotopic (exact) mass is 264 g/mol. The van der Waals surface area contributed by atoms with Crippen molar-refractivity contribution < 1.29 is 14.8 Å². The van der Waals surface area contributed by atoms with Gasteiger partial charge in [-0.25, -0.2) is 0 Å². The Kier molecular flexibility index (Phi) is 4.11. The summed E-state index contributed by atoms with van der Waals surface area (Å²) in [6.45, 7) is 3.02. The number of nitrogens with one attached hydrogen (secondary N) is 1. The van der Waals surface area contributed by atoms with Crippen LogP contribution in [0.25, 0.3) is 0 Å². The number of rotatable bonds is 4. The van der Waals surface area contributed by atoms with Crippen LogP contribution in [-0.2, 0) is 4.79 Å². The number of nitrogens with two attached hydrogens (primary N) is 2. The Balaban J connectivity index is 2.94. The summed E-state index contributed by atoms with van der Waals surface area (Å²) in [4.78, 5) is 23.0. The smallest absolute Gasteiger partial charge is 0.248 e. The van der Waals surface area contributed by atoms with Crippen LogP contribution in [0.5, 0.6) is 0 Å². The molecule has 0 heterocycles. The third-order valence-corrected chi connectivity index (χ3v) is 2.72. The van der Waals surface area contributed by atoms with Crippen LogP contribution in [0.3, 0.4) is 0 Å². The maximum Gasteiger partial charge on any atom is 0.248 e. The van der Waals surface area contributed by atoms with Gasteiger partial charge in [0.1, 0.15) is 5.41 Å². The van der Waals surface area contributed by atoms with Crippen molar-refractivity contribution in [1.82, 2.24) is 0 Å². The van der Waals surface area contributed by atoms with E-state index in [4.69, 9.17) is 16.7 Å². The lowest BCUT2D eigenvalue weighted by Crippen LogP contribution is -2.42. The maximum absolute atomic E-state index is 12.0. The van der Waals surface area contributed by atoms with Gasteiger partial charge in [-0.05, 0) is 32.0 Å². The molecule has 7 heteroatoms. The van der Waals surface area contributed by atoms with Crippen LogP contribution < -0.4 is 16.8 Å².